The van der Waals surface area contributed by atoms with Gasteiger partial charge in [-0.1, -0.05) is 12.1 Å². The number of imide groups is 1. The van der Waals surface area contributed by atoms with Crippen molar-refractivity contribution < 1.29 is 19.2 Å². The number of rotatable bonds is 7. The first-order valence-electron chi connectivity index (χ1n) is 9.52. The summed E-state index contributed by atoms with van der Waals surface area (Å²) in [6, 6.07) is 7.18. The zero-order valence-corrected chi connectivity index (χ0v) is 15.7. The van der Waals surface area contributed by atoms with E-state index in [1.165, 1.54) is 6.92 Å². The van der Waals surface area contributed by atoms with E-state index in [1.807, 2.05) is 12.1 Å². The van der Waals surface area contributed by atoms with Crippen molar-refractivity contribution in [3.8, 4) is 0 Å². The Morgan fingerprint density at radius 2 is 1.63 bits per heavy atom. The molecule has 1 N–H and O–H groups in total. The third kappa shape index (κ3) is 3.80. The predicted molar refractivity (Wildman–Crippen MR) is 101 cm³/mol. The molecule has 3 saturated carbocycles. The summed E-state index contributed by atoms with van der Waals surface area (Å²) in [6.45, 7) is 1.88. The Morgan fingerprint density at radius 3 is 2.11 bits per heavy atom. The van der Waals surface area contributed by atoms with Crippen LogP contribution in [0.25, 0.3) is 0 Å². The first kappa shape index (κ1) is 19.3. The van der Waals surface area contributed by atoms with Crippen LogP contribution in [0.15, 0.2) is 24.3 Å². The van der Waals surface area contributed by atoms with E-state index >= 15 is 0 Å². The van der Waals surface area contributed by atoms with Gasteiger partial charge in [-0.25, -0.2) is 0 Å². The van der Waals surface area contributed by atoms with E-state index in [0.29, 0.717) is 25.1 Å². The molecule has 4 rings (SSSR count). The van der Waals surface area contributed by atoms with Gasteiger partial charge in [0, 0.05) is 24.3 Å². The molecule has 27 heavy (non-hydrogen) atoms. The van der Waals surface area contributed by atoms with Gasteiger partial charge in [0.15, 0.2) is 0 Å². The number of anilines is 1. The zero-order valence-electron chi connectivity index (χ0n) is 15.7. The summed E-state index contributed by atoms with van der Waals surface area (Å²) in [4.78, 5) is 47.5. The lowest BCUT2D eigenvalue weighted by Crippen LogP contribution is -2.50. The fourth-order valence-electron chi connectivity index (χ4n) is 4.38. The summed E-state index contributed by atoms with van der Waals surface area (Å²) < 4.78 is 0. The van der Waals surface area contributed by atoms with Crippen molar-refractivity contribution in [1.82, 2.24) is 5.32 Å². The SMILES string of the molecule is CC(=O)N(C=O)c1ccc(CCNC(=O)C23CCC(C=O)(CC2)CC3)cc1. The van der Waals surface area contributed by atoms with Crippen molar-refractivity contribution in [3.05, 3.63) is 29.8 Å². The third-order valence-corrected chi connectivity index (χ3v) is 6.39. The second kappa shape index (κ2) is 7.62. The quantitative estimate of drug-likeness (QED) is 0.747. The second-order valence-corrected chi connectivity index (χ2v) is 7.93. The predicted octanol–water partition coefficient (Wildman–Crippen LogP) is 2.39. The maximum Gasteiger partial charge on any atom is 0.230 e. The molecule has 0 radical (unpaired) electrons. The molecule has 0 heterocycles. The first-order chi connectivity index (χ1) is 12.9. The molecule has 0 spiro atoms. The number of aldehydes is 1. The van der Waals surface area contributed by atoms with Gasteiger partial charge >= 0.3 is 0 Å². The number of nitrogens with one attached hydrogen (secondary N) is 1. The highest BCUT2D eigenvalue weighted by molar-refractivity contribution is 6.05. The van der Waals surface area contributed by atoms with Gasteiger partial charge in [-0.15, -0.1) is 0 Å². The van der Waals surface area contributed by atoms with Crippen molar-refractivity contribution in [2.45, 2.75) is 51.9 Å². The van der Waals surface area contributed by atoms with Crippen molar-refractivity contribution >= 4 is 30.2 Å². The molecule has 1 aromatic rings. The Kier molecular flexibility index (Phi) is 5.44. The van der Waals surface area contributed by atoms with Crippen molar-refractivity contribution in [1.29, 1.82) is 0 Å². The largest absolute Gasteiger partial charge is 0.355 e. The summed E-state index contributed by atoms with van der Waals surface area (Å²) in [7, 11) is 0. The molecule has 3 amide bonds. The van der Waals surface area contributed by atoms with Crippen LogP contribution in [0.4, 0.5) is 5.69 Å². The average molecular weight is 370 g/mol. The van der Waals surface area contributed by atoms with Crippen LogP contribution in [-0.4, -0.2) is 31.1 Å². The monoisotopic (exact) mass is 370 g/mol. The minimum atomic E-state index is -0.331. The molecule has 0 saturated heterocycles. The van der Waals surface area contributed by atoms with Gasteiger partial charge in [-0.2, -0.15) is 0 Å². The number of benzene rings is 1. The Labute approximate surface area is 159 Å². The first-order valence-corrected chi connectivity index (χ1v) is 9.52. The van der Waals surface area contributed by atoms with Gasteiger partial charge in [0.25, 0.3) is 0 Å². The molecule has 144 valence electrons. The van der Waals surface area contributed by atoms with E-state index in [2.05, 4.69) is 5.32 Å². The van der Waals surface area contributed by atoms with Crippen LogP contribution in [0, 0.1) is 10.8 Å². The normalized spacial score (nSPS) is 26.3. The summed E-state index contributed by atoms with van der Waals surface area (Å²) >= 11 is 0. The topological polar surface area (TPSA) is 83.6 Å². The Morgan fingerprint density at radius 1 is 1.04 bits per heavy atom. The van der Waals surface area contributed by atoms with E-state index in [-0.39, 0.29) is 22.6 Å². The molecule has 0 unspecified atom stereocenters. The van der Waals surface area contributed by atoms with E-state index in [9.17, 15) is 19.2 Å². The summed E-state index contributed by atoms with van der Waals surface area (Å²) in [5.41, 5.74) is 1.10. The molecule has 6 heteroatoms. The van der Waals surface area contributed by atoms with Crippen LogP contribution in [0.2, 0.25) is 0 Å². The smallest absolute Gasteiger partial charge is 0.230 e. The number of carbonyl (C=O) groups excluding carboxylic acids is 4. The number of carbonyl (C=O) groups is 4. The third-order valence-electron chi connectivity index (χ3n) is 6.39. The van der Waals surface area contributed by atoms with Crippen molar-refractivity contribution in [2.24, 2.45) is 10.8 Å². The van der Waals surface area contributed by atoms with E-state index in [1.54, 1.807) is 12.1 Å². The molecular formula is C21H26N2O4. The number of hydrogen-bond donors (Lipinski definition) is 1. The fraction of sp³-hybridized carbons (Fsp3) is 0.524. The van der Waals surface area contributed by atoms with Crippen LogP contribution < -0.4 is 10.2 Å². The van der Waals surface area contributed by atoms with Crippen molar-refractivity contribution in [2.75, 3.05) is 11.4 Å². The Hall–Kier alpha value is -2.50. The van der Waals surface area contributed by atoms with Gasteiger partial charge in [0.2, 0.25) is 18.2 Å². The number of hydrogen-bond acceptors (Lipinski definition) is 4. The summed E-state index contributed by atoms with van der Waals surface area (Å²) in [5, 5.41) is 3.07. The molecule has 0 atom stereocenters. The van der Waals surface area contributed by atoms with Gasteiger partial charge < -0.3 is 10.1 Å². The maximum atomic E-state index is 12.7. The van der Waals surface area contributed by atoms with Crippen LogP contribution in [0.1, 0.15) is 51.0 Å². The lowest BCUT2D eigenvalue weighted by Gasteiger charge is -2.49. The van der Waals surface area contributed by atoms with Gasteiger partial charge in [-0.3, -0.25) is 19.3 Å². The van der Waals surface area contributed by atoms with Gasteiger partial charge in [0.1, 0.15) is 6.29 Å². The summed E-state index contributed by atoms with van der Waals surface area (Å²) in [5.74, 6) is -0.218. The standard InChI is InChI=1S/C21H26N2O4/c1-16(26)23(15-25)18-4-2-17(3-5-18)6-13-22-19(27)21-10-7-20(14-24,8-11-21)9-12-21/h2-5,14-15H,6-13H2,1H3,(H,22,27). The van der Waals surface area contributed by atoms with E-state index in [0.717, 1.165) is 55.3 Å². The second-order valence-electron chi connectivity index (χ2n) is 7.93. The van der Waals surface area contributed by atoms with E-state index < -0.39 is 0 Å². The lowest BCUT2D eigenvalue weighted by molar-refractivity contribution is -0.144. The van der Waals surface area contributed by atoms with Crippen LogP contribution in [0.5, 0.6) is 0 Å². The molecule has 1 aromatic carbocycles. The van der Waals surface area contributed by atoms with E-state index in [4.69, 9.17) is 0 Å². The van der Waals surface area contributed by atoms with Crippen molar-refractivity contribution in [3.63, 3.8) is 0 Å². The molecule has 6 nitrogen and oxygen atoms in total. The highest BCUT2D eigenvalue weighted by atomic mass is 16.2. The van der Waals surface area contributed by atoms with Crippen LogP contribution >= 0.6 is 0 Å². The number of fused-ring (bicyclic) bond motifs is 3. The Balaban J connectivity index is 1.51. The van der Waals surface area contributed by atoms with Crippen LogP contribution in [0.3, 0.4) is 0 Å². The molecule has 3 fully saturated rings. The minimum Gasteiger partial charge on any atom is -0.355 e. The van der Waals surface area contributed by atoms with Crippen LogP contribution in [-0.2, 0) is 25.6 Å². The average Bonchev–Trinajstić information content (AvgIpc) is 2.70. The zero-order chi connectivity index (χ0) is 19.5. The highest BCUT2D eigenvalue weighted by Gasteiger charge is 2.52. The van der Waals surface area contributed by atoms with Gasteiger partial charge in [-0.05, 0) is 62.6 Å². The highest BCUT2D eigenvalue weighted by Crippen LogP contribution is 2.55. The Bertz CT molecular complexity index is 717. The molecule has 3 aliphatic rings. The molecule has 2 bridgehead atoms. The molecule has 3 aliphatic carbocycles. The summed E-state index contributed by atoms with van der Waals surface area (Å²) in [6.07, 6.45) is 7.19. The number of nitrogens with zero attached hydrogens (tertiary/aromatic N) is 1. The number of amides is 3. The molecule has 0 aromatic heterocycles. The molecule has 0 aliphatic heterocycles. The molecular weight excluding hydrogens is 344 g/mol. The maximum absolute atomic E-state index is 12.7. The fourth-order valence-corrected chi connectivity index (χ4v) is 4.38. The minimum absolute atomic E-state index is 0.113. The lowest BCUT2D eigenvalue weighted by atomic mass is 9.54. The van der Waals surface area contributed by atoms with Gasteiger partial charge in [0.05, 0.1) is 5.69 Å².